The van der Waals surface area contributed by atoms with Gasteiger partial charge in [0, 0.05) is 11.6 Å². The number of para-hydroxylation sites is 1. The van der Waals surface area contributed by atoms with Crippen LogP contribution in [0.2, 0.25) is 0 Å². The first-order chi connectivity index (χ1) is 12.4. The van der Waals surface area contributed by atoms with Crippen LogP contribution in [-0.2, 0) is 16.0 Å². The number of nitro benzene ring substituents is 1. The number of hydrazine groups is 1. The van der Waals surface area contributed by atoms with E-state index in [2.05, 4.69) is 10.9 Å². The number of ether oxygens (including phenoxy) is 1. The van der Waals surface area contributed by atoms with Gasteiger partial charge >= 0.3 is 0 Å². The van der Waals surface area contributed by atoms with Crippen LogP contribution in [0.1, 0.15) is 16.7 Å². The Morgan fingerprint density at radius 2 is 1.77 bits per heavy atom. The van der Waals surface area contributed by atoms with Crippen LogP contribution in [0.3, 0.4) is 0 Å². The van der Waals surface area contributed by atoms with Crippen molar-refractivity contribution in [2.24, 2.45) is 0 Å². The summed E-state index contributed by atoms with van der Waals surface area (Å²) in [5.74, 6) is -0.521. The van der Waals surface area contributed by atoms with Crippen molar-refractivity contribution in [1.29, 1.82) is 0 Å². The summed E-state index contributed by atoms with van der Waals surface area (Å²) < 4.78 is 5.43. The zero-order chi connectivity index (χ0) is 19.1. The number of nitro groups is 1. The molecule has 2 N–H and O–H groups in total. The van der Waals surface area contributed by atoms with Crippen LogP contribution in [0.5, 0.6) is 5.75 Å². The summed E-state index contributed by atoms with van der Waals surface area (Å²) in [6.07, 6.45) is -0.227. The highest BCUT2D eigenvalue weighted by molar-refractivity contribution is 5.84. The molecule has 8 heteroatoms. The summed E-state index contributed by atoms with van der Waals surface area (Å²) in [6, 6.07) is 11.6. The quantitative estimate of drug-likeness (QED) is 0.607. The van der Waals surface area contributed by atoms with E-state index in [9.17, 15) is 19.7 Å². The highest BCUT2D eigenvalue weighted by atomic mass is 16.6. The number of carbonyl (C=O) groups excluding carboxylic acids is 2. The molecule has 136 valence electrons. The van der Waals surface area contributed by atoms with E-state index in [1.165, 1.54) is 18.2 Å². The Kier molecular flexibility index (Phi) is 6.26. The first kappa shape index (κ1) is 18.9. The second-order valence-corrected chi connectivity index (χ2v) is 5.72. The second-order valence-electron chi connectivity index (χ2n) is 5.72. The lowest BCUT2D eigenvalue weighted by Crippen LogP contribution is -2.44. The topological polar surface area (TPSA) is 111 Å². The van der Waals surface area contributed by atoms with Gasteiger partial charge < -0.3 is 4.74 Å². The predicted octanol–water partition coefficient (Wildman–Crippen LogP) is 1.98. The van der Waals surface area contributed by atoms with Crippen molar-refractivity contribution in [1.82, 2.24) is 10.9 Å². The zero-order valence-electron chi connectivity index (χ0n) is 14.4. The highest BCUT2D eigenvalue weighted by Crippen LogP contribution is 2.19. The molecular weight excluding hydrogens is 338 g/mol. The second kappa shape index (κ2) is 8.61. The monoisotopic (exact) mass is 357 g/mol. The van der Waals surface area contributed by atoms with E-state index in [-0.39, 0.29) is 24.3 Å². The molecule has 0 aliphatic carbocycles. The molecule has 8 nitrogen and oxygen atoms in total. The molecule has 0 atom stereocenters. The maximum Gasteiger partial charge on any atom is 0.276 e. The van der Waals surface area contributed by atoms with Crippen LogP contribution in [0.15, 0.2) is 42.5 Å². The molecule has 0 spiro atoms. The average molecular weight is 357 g/mol. The molecule has 0 aromatic heterocycles. The number of amides is 2. The fourth-order valence-corrected chi connectivity index (χ4v) is 2.24. The molecule has 0 aliphatic heterocycles. The van der Waals surface area contributed by atoms with Gasteiger partial charge in [0.15, 0.2) is 6.61 Å². The summed E-state index contributed by atoms with van der Waals surface area (Å²) in [4.78, 5) is 34.0. The number of aryl methyl sites for hydroxylation is 2. The third-order valence-corrected chi connectivity index (χ3v) is 3.58. The lowest BCUT2D eigenvalue weighted by Gasteiger charge is -2.11. The van der Waals surface area contributed by atoms with Crippen molar-refractivity contribution in [3.8, 4) is 5.75 Å². The van der Waals surface area contributed by atoms with E-state index in [0.29, 0.717) is 5.75 Å². The van der Waals surface area contributed by atoms with Gasteiger partial charge in [-0.2, -0.15) is 0 Å². The maximum atomic E-state index is 11.9. The first-order valence-electron chi connectivity index (χ1n) is 7.87. The Morgan fingerprint density at radius 3 is 2.50 bits per heavy atom. The van der Waals surface area contributed by atoms with Gasteiger partial charge in [-0.25, -0.2) is 0 Å². The van der Waals surface area contributed by atoms with Gasteiger partial charge in [0.25, 0.3) is 11.6 Å². The summed E-state index contributed by atoms with van der Waals surface area (Å²) in [5, 5.41) is 10.9. The third-order valence-electron chi connectivity index (χ3n) is 3.58. The zero-order valence-corrected chi connectivity index (χ0v) is 14.4. The standard InChI is InChI=1S/C18H19N3O5/c1-12-7-8-13(2)16(9-12)26-11-18(23)20-19-17(22)10-14-5-3-4-6-15(14)21(24)25/h3-9H,10-11H2,1-2H3,(H,19,22)(H,20,23). The number of hydrogen-bond acceptors (Lipinski definition) is 5. The fourth-order valence-electron chi connectivity index (χ4n) is 2.24. The normalized spacial score (nSPS) is 10.1. The number of nitrogens with zero attached hydrogens (tertiary/aromatic N) is 1. The summed E-state index contributed by atoms with van der Waals surface area (Å²) >= 11 is 0. The van der Waals surface area contributed by atoms with Gasteiger partial charge in [0.1, 0.15) is 5.75 Å². The number of hydrogen-bond donors (Lipinski definition) is 2. The van der Waals surface area contributed by atoms with Crippen LogP contribution in [0, 0.1) is 24.0 Å². The van der Waals surface area contributed by atoms with E-state index < -0.39 is 16.7 Å². The third kappa shape index (κ3) is 5.30. The van der Waals surface area contributed by atoms with E-state index in [0.717, 1.165) is 11.1 Å². The van der Waals surface area contributed by atoms with Gasteiger partial charge in [-0.05, 0) is 31.0 Å². The molecule has 0 heterocycles. The van der Waals surface area contributed by atoms with Gasteiger partial charge in [0.2, 0.25) is 5.91 Å². The molecule has 2 amide bonds. The van der Waals surface area contributed by atoms with E-state index >= 15 is 0 Å². The predicted molar refractivity (Wildman–Crippen MR) is 94.5 cm³/mol. The average Bonchev–Trinajstić information content (AvgIpc) is 2.61. The number of benzene rings is 2. The van der Waals surface area contributed by atoms with Crippen LogP contribution in [0.4, 0.5) is 5.69 Å². The SMILES string of the molecule is Cc1ccc(C)c(OCC(=O)NNC(=O)Cc2ccccc2[N+](=O)[O-])c1. The molecule has 0 bridgehead atoms. The minimum absolute atomic E-state index is 0.146. The van der Waals surface area contributed by atoms with Gasteiger partial charge in [-0.15, -0.1) is 0 Å². The molecule has 0 unspecified atom stereocenters. The van der Waals surface area contributed by atoms with E-state index in [4.69, 9.17) is 4.74 Å². The van der Waals surface area contributed by atoms with Gasteiger partial charge in [0.05, 0.1) is 11.3 Å². The van der Waals surface area contributed by atoms with E-state index in [1.807, 2.05) is 32.0 Å². The van der Waals surface area contributed by atoms with Crippen molar-refractivity contribution >= 4 is 17.5 Å². The summed E-state index contributed by atoms with van der Waals surface area (Å²) in [6.45, 7) is 3.51. The first-order valence-corrected chi connectivity index (χ1v) is 7.87. The highest BCUT2D eigenvalue weighted by Gasteiger charge is 2.15. The van der Waals surface area contributed by atoms with Crippen molar-refractivity contribution in [3.63, 3.8) is 0 Å². The van der Waals surface area contributed by atoms with Gasteiger partial charge in [-0.1, -0.05) is 30.3 Å². The largest absolute Gasteiger partial charge is 0.483 e. The lowest BCUT2D eigenvalue weighted by molar-refractivity contribution is -0.385. The minimum Gasteiger partial charge on any atom is -0.483 e. The van der Waals surface area contributed by atoms with Crippen LogP contribution in [0.25, 0.3) is 0 Å². The molecule has 0 radical (unpaired) electrons. The molecule has 0 saturated heterocycles. The molecule has 0 saturated carbocycles. The fraction of sp³-hybridized carbons (Fsp3) is 0.222. The van der Waals surface area contributed by atoms with E-state index in [1.54, 1.807) is 6.07 Å². The van der Waals surface area contributed by atoms with Crippen molar-refractivity contribution in [2.75, 3.05) is 6.61 Å². The van der Waals surface area contributed by atoms with Crippen LogP contribution < -0.4 is 15.6 Å². The van der Waals surface area contributed by atoms with Crippen molar-refractivity contribution in [3.05, 3.63) is 69.3 Å². The number of rotatable bonds is 6. The molecule has 2 rings (SSSR count). The number of carbonyl (C=O) groups is 2. The Bertz CT molecular complexity index is 835. The molecule has 2 aromatic carbocycles. The summed E-state index contributed by atoms with van der Waals surface area (Å²) in [5.41, 5.74) is 6.45. The van der Waals surface area contributed by atoms with Crippen LogP contribution in [-0.4, -0.2) is 23.3 Å². The minimum atomic E-state index is -0.570. The molecular formula is C18H19N3O5. The molecule has 26 heavy (non-hydrogen) atoms. The van der Waals surface area contributed by atoms with Crippen molar-refractivity contribution < 1.29 is 19.2 Å². The Hall–Kier alpha value is -3.42. The van der Waals surface area contributed by atoms with Gasteiger partial charge in [-0.3, -0.25) is 30.6 Å². The molecule has 2 aromatic rings. The molecule has 0 fully saturated rings. The molecule has 0 aliphatic rings. The Morgan fingerprint density at radius 1 is 1.08 bits per heavy atom. The van der Waals surface area contributed by atoms with Crippen LogP contribution >= 0.6 is 0 Å². The Balaban J connectivity index is 1.83. The Labute approximate surface area is 150 Å². The lowest BCUT2D eigenvalue weighted by atomic mass is 10.1. The van der Waals surface area contributed by atoms with Crippen molar-refractivity contribution in [2.45, 2.75) is 20.3 Å². The smallest absolute Gasteiger partial charge is 0.276 e. The summed E-state index contributed by atoms with van der Waals surface area (Å²) in [7, 11) is 0. The maximum absolute atomic E-state index is 11.9. The number of nitrogens with one attached hydrogen (secondary N) is 2.